The van der Waals surface area contributed by atoms with Crippen molar-refractivity contribution in [1.29, 1.82) is 0 Å². The number of aromatic amines is 2. The highest BCUT2D eigenvalue weighted by Crippen LogP contribution is 2.27. The molecule has 2 aliphatic rings. The largest absolute Gasteiger partial charge is 0.383 e. The van der Waals surface area contributed by atoms with Crippen LogP contribution >= 0.6 is 0 Å². The minimum absolute atomic E-state index is 0.441. The molecule has 4 rings (SSSR count). The van der Waals surface area contributed by atoms with Crippen molar-refractivity contribution in [3.8, 4) is 11.5 Å². The van der Waals surface area contributed by atoms with E-state index in [0.29, 0.717) is 23.3 Å². The van der Waals surface area contributed by atoms with E-state index in [-0.39, 0.29) is 0 Å². The fourth-order valence-corrected chi connectivity index (χ4v) is 2.23. The van der Waals surface area contributed by atoms with Crippen LogP contribution in [0.2, 0.25) is 0 Å². The summed E-state index contributed by atoms with van der Waals surface area (Å²) in [7, 11) is 0. The van der Waals surface area contributed by atoms with Crippen molar-refractivity contribution in [1.82, 2.24) is 24.9 Å². The van der Waals surface area contributed by atoms with Crippen LogP contribution in [-0.4, -0.2) is 24.9 Å². The second-order valence-corrected chi connectivity index (χ2v) is 4.41. The molecule has 5 N–H and O–H groups in total. The van der Waals surface area contributed by atoms with Gasteiger partial charge in [-0.15, -0.1) is 0 Å². The molecular weight excluding hydrogens is 254 g/mol. The third-order valence-electron chi connectivity index (χ3n) is 3.15. The Balaban J connectivity index is 1.81. The van der Waals surface area contributed by atoms with Crippen molar-refractivity contribution in [3.05, 3.63) is 36.8 Å². The number of nitrogens with two attached hydrogens (primary N) is 1. The smallest absolute Gasteiger partial charge is 0.208 e. The molecular formula is C13H11N7. The summed E-state index contributed by atoms with van der Waals surface area (Å²) in [5.74, 6) is 1.49. The lowest BCUT2D eigenvalue weighted by Gasteiger charge is -2.09. The fraction of sp³-hybridized carbons (Fsp3) is 0. The molecule has 0 radical (unpaired) electrons. The molecule has 2 aromatic rings. The number of nitrogen functional groups attached to an aromatic ring is 1. The average Bonchev–Trinajstić information content (AvgIpc) is 3.06. The number of H-pyrrole nitrogens is 2. The maximum absolute atomic E-state index is 5.90. The number of anilines is 3. The summed E-state index contributed by atoms with van der Waals surface area (Å²) in [6, 6.07) is 7.95. The van der Waals surface area contributed by atoms with Gasteiger partial charge in [-0.05, 0) is 18.2 Å². The van der Waals surface area contributed by atoms with Crippen molar-refractivity contribution in [3.63, 3.8) is 0 Å². The van der Waals surface area contributed by atoms with Gasteiger partial charge >= 0.3 is 0 Å². The van der Waals surface area contributed by atoms with Crippen LogP contribution in [0.4, 0.5) is 17.5 Å². The van der Waals surface area contributed by atoms with Crippen molar-refractivity contribution in [2.75, 3.05) is 11.1 Å². The molecule has 0 fully saturated rings. The molecule has 7 nitrogen and oxygen atoms in total. The molecule has 0 bridgehead atoms. The summed E-state index contributed by atoms with van der Waals surface area (Å²) in [6.07, 6.45) is 3.34. The number of hydrogen-bond donors (Lipinski definition) is 4. The average molecular weight is 265 g/mol. The quantitative estimate of drug-likeness (QED) is 0.444. The number of nitrogens with one attached hydrogen (secondary N) is 3. The lowest BCUT2D eigenvalue weighted by atomic mass is 10.2. The van der Waals surface area contributed by atoms with Gasteiger partial charge in [-0.1, -0.05) is 6.07 Å². The number of hydrogen-bond acceptors (Lipinski definition) is 5. The number of aromatic nitrogens is 5. The van der Waals surface area contributed by atoms with Crippen LogP contribution in [0.1, 0.15) is 0 Å². The Morgan fingerprint density at radius 3 is 3.05 bits per heavy atom. The minimum Gasteiger partial charge on any atom is -0.383 e. The van der Waals surface area contributed by atoms with E-state index in [4.69, 9.17) is 5.73 Å². The highest BCUT2D eigenvalue weighted by atomic mass is 15.2. The zero-order valence-corrected chi connectivity index (χ0v) is 10.4. The van der Waals surface area contributed by atoms with E-state index in [1.54, 1.807) is 0 Å². The summed E-state index contributed by atoms with van der Waals surface area (Å²) in [5, 5.41) is 4.30. The van der Waals surface area contributed by atoms with Crippen LogP contribution < -0.4 is 11.1 Å². The van der Waals surface area contributed by atoms with Crippen LogP contribution in [0.25, 0.3) is 22.4 Å². The number of rotatable bonds is 2. The summed E-state index contributed by atoms with van der Waals surface area (Å²) >= 11 is 0. The Hall–Kier alpha value is -3.09. The van der Waals surface area contributed by atoms with Crippen LogP contribution in [0.15, 0.2) is 36.8 Å². The van der Waals surface area contributed by atoms with Gasteiger partial charge in [-0.2, -0.15) is 4.98 Å². The van der Waals surface area contributed by atoms with Gasteiger partial charge in [0, 0.05) is 17.1 Å². The summed E-state index contributed by atoms with van der Waals surface area (Å²) in [5.41, 5.74) is 8.47. The Labute approximate surface area is 113 Å². The third kappa shape index (κ3) is 1.57. The zero-order valence-electron chi connectivity index (χ0n) is 10.4. The number of nitrogens with zero attached hydrogens (tertiary/aromatic N) is 3. The molecule has 0 spiro atoms. The van der Waals surface area contributed by atoms with E-state index >= 15 is 0 Å². The van der Waals surface area contributed by atoms with Gasteiger partial charge in [0.2, 0.25) is 5.95 Å². The molecule has 2 aliphatic heterocycles. The first-order chi connectivity index (χ1) is 9.81. The fourth-order valence-electron chi connectivity index (χ4n) is 2.23. The van der Waals surface area contributed by atoms with E-state index in [9.17, 15) is 0 Å². The standard InChI is InChI=1S/C13H11N7/c14-11-10-12(17-6-16-10)20-13(19-11)18-9-3-1-2-8-7(9)4-5-15-8/h1-6,15H,(H4,14,16,17,18,19,20). The molecule has 0 unspecified atom stereocenters. The second kappa shape index (κ2) is 3.95. The van der Waals surface area contributed by atoms with Gasteiger partial charge in [0.05, 0.1) is 5.69 Å². The molecule has 0 aliphatic carbocycles. The molecule has 7 heteroatoms. The van der Waals surface area contributed by atoms with Gasteiger partial charge in [0.1, 0.15) is 17.8 Å². The van der Waals surface area contributed by atoms with Crippen LogP contribution in [0, 0.1) is 0 Å². The maximum Gasteiger partial charge on any atom is 0.208 e. The second-order valence-electron chi connectivity index (χ2n) is 4.41. The van der Waals surface area contributed by atoms with Crippen LogP contribution in [-0.2, 0) is 0 Å². The third-order valence-corrected chi connectivity index (χ3v) is 3.15. The Morgan fingerprint density at radius 1 is 1.15 bits per heavy atom. The van der Waals surface area contributed by atoms with Gasteiger partial charge in [0.15, 0.2) is 5.82 Å². The Bertz CT molecular complexity index is 860. The van der Waals surface area contributed by atoms with E-state index in [2.05, 4.69) is 30.2 Å². The highest BCUT2D eigenvalue weighted by molar-refractivity contribution is 5.93. The topological polar surface area (TPSA) is 108 Å². The van der Waals surface area contributed by atoms with Crippen LogP contribution in [0.3, 0.4) is 0 Å². The summed E-state index contributed by atoms with van der Waals surface area (Å²) in [6.45, 7) is 0. The monoisotopic (exact) mass is 265 g/mol. The molecule has 0 atom stereocenters. The normalized spacial score (nSPS) is 11.2. The molecule has 98 valence electrons. The van der Waals surface area contributed by atoms with Gasteiger partial charge in [0.25, 0.3) is 0 Å². The van der Waals surface area contributed by atoms with Gasteiger partial charge < -0.3 is 21.0 Å². The van der Waals surface area contributed by atoms with Gasteiger partial charge in [-0.3, -0.25) is 0 Å². The molecule has 0 amide bonds. The van der Waals surface area contributed by atoms with Crippen molar-refractivity contribution >= 4 is 28.4 Å². The molecule has 0 saturated heterocycles. The van der Waals surface area contributed by atoms with Crippen molar-refractivity contribution in [2.24, 2.45) is 0 Å². The predicted octanol–water partition coefficient (Wildman–Crippen LogP) is 2.11. The van der Waals surface area contributed by atoms with Gasteiger partial charge in [-0.25, -0.2) is 9.97 Å². The lowest BCUT2D eigenvalue weighted by Crippen LogP contribution is -2.04. The lowest BCUT2D eigenvalue weighted by molar-refractivity contribution is 1.14. The van der Waals surface area contributed by atoms with Crippen LogP contribution in [0.5, 0.6) is 0 Å². The molecule has 1 aromatic heterocycles. The van der Waals surface area contributed by atoms with E-state index in [1.165, 1.54) is 6.33 Å². The molecule has 0 saturated carbocycles. The molecule has 3 heterocycles. The first kappa shape index (κ1) is 10.8. The number of benzene rings is 1. The minimum atomic E-state index is 0.441. The Morgan fingerprint density at radius 2 is 2.10 bits per heavy atom. The number of imidazole rings is 1. The van der Waals surface area contributed by atoms with E-state index in [1.807, 2.05) is 30.5 Å². The molecule has 1 aromatic carbocycles. The molecule has 20 heavy (non-hydrogen) atoms. The van der Waals surface area contributed by atoms with E-state index in [0.717, 1.165) is 16.6 Å². The predicted molar refractivity (Wildman–Crippen MR) is 76.8 cm³/mol. The summed E-state index contributed by atoms with van der Waals surface area (Å²) in [4.78, 5) is 18.6. The maximum atomic E-state index is 5.90. The zero-order chi connectivity index (χ0) is 13.5. The number of fused-ring (bicyclic) bond motifs is 2. The Kier molecular flexibility index (Phi) is 2.13. The first-order valence-corrected chi connectivity index (χ1v) is 6.10. The van der Waals surface area contributed by atoms with Crippen molar-refractivity contribution < 1.29 is 0 Å². The SMILES string of the molecule is Nc1[nH]c(Nc2cccc3[nH]ccc23)nc2ncnc1-2. The van der Waals surface area contributed by atoms with Crippen molar-refractivity contribution in [2.45, 2.75) is 0 Å². The highest BCUT2D eigenvalue weighted by Gasteiger charge is 2.14. The summed E-state index contributed by atoms with van der Waals surface area (Å²) < 4.78 is 0. The van der Waals surface area contributed by atoms with E-state index < -0.39 is 0 Å². The first-order valence-electron chi connectivity index (χ1n) is 6.10.